The first-order chi connectivity index (χ1) is 10.3. The van der Waals surface area contributed by atoms with E-state index in [4.69, 9.17) is 0 Å². The van der Waals surface area contributed by atoms with Crippen molar-refractivity contribution in [3.8, 4) is 0 Å². The third-order valence-corrected chi connectivity index (χ3v) is 3.83. The number of hydrogen-bond acceptors (Lipinski definition) is 0. The smallest absolute Gasteiger partial charge is 0.0106 e. The molecule has 0 aliphatic carbocycles. The number of benzene rings is 2. The molecule has 21 heavy (non-hydrogen) atoms. The van der Waals surface area contributed by atoms with E-state index >= 15 is 0 Å². The SMILES string of the molecule is C=Cc1ccccc1/C(=C\C)c1cccc(CC)c1C=C. The van der Waals surface area contributed by atoms with Crippen molar-refractivity contribution in [1.29, 1.82) is 0 Å². The van der Waals surface area contributed by atoms with Crippen LogP contribution in [0.15, 0.2) is 61.7 Å². The second-order valence-electron chi connectivity index (χ2n) is 4.93. The molecule has 0 heteroatoms. The van der Waals surface area contributed by atoms with Gasteiger partial charge in [0.25, 0.3) is 0 Å². The summed E-state index contributed by atoms with van der Waals surface area (Å²) in [5.41, 5.74) is 7.40. The lowest BCUT2D eigenvalue weighted by atomic mass is 9.88. The van der Waals surface area contributed by atoms with Gasteiger partial charge in [0.1, 0.15) is 0 Å². The van der Waals surface area contributed by atoms with Gasteiger partial charge in [-0.05, 0) is 46.7 Å². The first-order valence-corrected chi connectivity index (χ1v) is 7.39. The molecule has 2 aromatic rings. The van der Waals surface area contributed by atoms with Crippen LogP contribution >= 0.6 is 0 Å². The van der Waals surface area contributed by atoms with E-state index in [2.05, 4.69) is 69.5 Å². The van der Waals surface area contributed by atoms with Gasteiger partial charge >= 0.3 is 0 Å². The fraction of sp³-hybridized carbons (Fsp3) is 0.143. The molecular formula is C21H22. The van der Waals surface area contributed by atoms with Crippen LogP contribution in [0.3, 0.4) is 0 Å². The molecule has 0 unspecified atom stereocenters. The van der Waals surface area contributed by atoms with E-state index in [1.807, 2.05) is 18.2 Å². The number of allylic oxidation sites excluding steroid dienone is 1. The van der Waals surface area contributed by atoms with E-state index in [1.165, 1.54) is 27.8 Å². The Balaban J connectivity index is 2.68. The molecular weight excluding hydrogens is 252 g/mol. The molecule has 0 spiro atoms. The van der Waals surface area contributed by atoms with E-state index < -0.39 is 0 Å². The molecule has 0 radical (unpaired) electrons. The molecule has 0 N–H and O–H groups in total. The van der Waals surface area contributed by atoms with Crippen LogP contribution in [0.2, 0.25) is 0 Å². The molecule has 0 heterocycles. The minimum Gasteiger partial charge on any atom is -0.0984 e. The Morgan fingerprint density at radius 2 is 1.67 bits per heavy atom. The summed E-state index contributed by atoms with van der Waals surface area (Å²) in [5.74, 6) is 0. The predicted octanol–water partition coefficient (Wildman–Crippen LogP) is 5.99. The highest BCUT2D eigenvalue weighted by atomic mass is 14.2. The van der Waals surface area contributed by atoms with Crippen LogP contribution in [0.4, 0.5) is 0 Å². The van der Waals surface area contributed by atoms with Crippen LogP contribution in [0, 0.1) is 0 Å². The summed E-state index contributed by atoms with van der Waals surface area (Å²) in [7, 11) is 0. The fourth-order valence-corrected chi connectivity index (χ4v) is 2.77. The fourth-order valence-electron chi connectivity index (χ4n) is 2.77. The van der Waals surface area contributed by atoms with Gasteiger partial charge in [-0.25, -0.2) is 0 Å². The average Bonchev–Trinajstić information content (AvgIpc) is 2.55. The summed E-state index contributed by atoms with van der Waals surface area (Å²) in [6.45, 7) is 12.2. The van der Waals surface area contributed by atoms with Crippen molar-refractivity contribution in [1.82, 2.24) is 0 Å². The van der Waals surface area contributed by atoms with Crippen molar-refractivity contribution in [3.63, 3.8) is 0 Å². The Morgan fingerprint density at radius 1 is 0.952 bits per heavy atom. The topological polar surface area (TPSA) is 0 Å². The largest absolute Gasteiger partial charge is 0.0984 e. The van der Waals surface area contributed by atoms with E-state index in [9.17, 15) is 0 Å². The van der Waals surface area contributed by atoms with Crippen LogP contribution in [0.25, 0.3) is 17.7 Å². The molecule has 0 amide bonds. The maximum Gasteiger partial charge on any atom is -0.0106 e. The number of rotatable bonds is 5. The van der Waals surface area contributed by atoms with Crippen molar-refractivity contribution < 1.29 is 0 Å². The Labute approximate surface area is 128 Å². The second-order valence-corrected chi connectivity index (χ2v) is 4.93. The Bertz CT molecular complexity index is 687. The van der Waals surface area contributed by atoms with Crippen LogP contribution in [-0.4, -0.2) is 0 Å². The minimum absolute atomic E-state index is 1.01. The first kappa shape index (κ1) is 15.1. The minimum atomic E-state index is 1.01. The number of hydrogen-bond donors (Lipinski definition) is 0. The maximum atomic E-state index is 4.01. The Kier molecular flexibility index (Phi) is 4.94. The summed E-state index contributed by atoms with van der Waals surface area (Å²) < 4.78 is 0. The number of aryl methyl sites for hydroxylation is 1. The van der Waals surface area contributed by atoms with Gasteiger partial charge in [0.15, 0.2) is 0 Å². The van der Waals surface area contributed by atoms with Gasteiger partial charge in [0.2, 0.25) is 0 Å². The highest BCUT2D eigenvalue weighted by molar-refractivity contribution is 5.88. The monoisotopic (exact) mass is 274 g/mol. The lowest BCUT2D eigenvalue weighted by Crippen LogP contribution is -1.97. The molecule has 0 aliphatic rings. The van der Waals surface area contributed by atoms with Gasteiger partial charge in [0.05, 0.1) is 0 Å². The van der Waals surface area contributed by atoms with Crippen LogP contribution in [0.5, 0.6) is 0 Å². The highest BCUT2D eigenvalue weighted by Crippen LogP contribution is 2.31. The third-order valence-electron chi connectivity index (χ3n) is 3.83. The molecule has 0 atom stereocenters. The summed E-state index contributed by atoms with van der Waals surface area (Å²) in [4.78, 5) is 0. The van der Waals surface area contributed by atoms with E-state index in [1.54, 1.807) is 0 Å². The Hall–Kier alpha value is -2.34. The van der Waals surface area contributed by atoms with Crippen LogP contribution in [0.1, 0.15) is 41.7 Å². The third kappa shape index (κ3) is 2.90. The van der Waals surface area contributed by atoms with E-state index in [-0.39, 0.29) is 0 Å². The molecule has 0 fully saturated rings. The molecule has 106 valence electrons. The first-order valence-electron chi connectivity index (χ1n) is 7.39. The molecule has 0 saturated carbocycles. The van der Waals surface area contributed by atoms with Gasteiger partial charge in [0, 0.05) is 0 Å². The van der Waals surface area contributed by atoms with Crippen molar-refractivity contribution >= 4 is 17.7 Å². The summed E-state index contributed by atoms with van der Waals surface area (Å²) in [6.07, 6.45) is 7.06. The van der Waals surface area contributed by atoms with Gasteiger partial charge in [-0.1, -0.05) is 80.8 Å². The highest BCUT2D eigenvalue weighted by Gasteiger charge is 2.12. The summed E-state index contributed by atoms with van der Waals surface area (Å²) >= 11 is 0. The summed E-state index contributed by atoms with van der Waals surface area (Å²) in [6, 6.07) is 14.8. The van der Waals surface area contributed by atoms with Crippen LogP contribution < -0.4 is 0 Å². The van der Waals surface area contributed by atoms with Gasteiger partial charge in [-0.3, -0.25) is 0 Å². The van der Waals surface area contributed by atoms with Crippen LogP contribution in [-0.2, 0) is 6.42 Å². The standard InChI is InChI=1S/C21H22/c1-5-16-13-11-15-21(18(16)7-3)19(8-4)20-14-10-9-12-17(20)6-2/h6-15H,2-3,5H2,1,4H3/b19-8+. The zero-order valence-electron chi connectivity index (χ0n) is 12.9. The van der Waals surface area contributed by atoms with Crippen molar-refractivity contribution in [2.45, 2.75) is 20.3 Å². The van der Waals surface area contributed by atoms with Gasteiger partial charge in [-0.2, -0.15) is 0 Å². The summed E-state index contributed by atoms with van der Waals surface area (Å²) in [5, 5.41) is 0. The molecule has 0 aromatic heterocycles. The second kappa shape index (κ2) is 6.90. The average molecular weight is 274 g/mol. The predicted molar refractivity (Wildman–Crippen MR) is 95.2 cm³/mol. The quantitative estimate of drug-likeness (QED) is 0.628. The van der Waals surface area contributed by atoms with Crippen molar-refractivity contribution in [2.75, 3.05) is 0 Å². The molecule has 0 nitrogen and oxygen atoms in total. The lowest BCUT2D eigenvalue weighted by Gasteiger charge is -2.16. The zero-order chi connectivity index (χ0) is 15.2. The molecule has 0 saturated heterocycles. The molecule has 0 bridgehead atoms. The van der Waals surface area contributed by atoms with Crippen molar-refractivity contribution in [2.24, 2.45) is 0 Å². The van der Waals surface area contributed by atoms with Gasteiger partial charge in [-0.15, -0.1) is 0 Å². The van der Waals surface area contributed by atoms with Crippen molar-refractivity contribution in [3.05, 3.63) is 89.5 Å². The zero-order valence-corrected chi connectivity index (χ0v) is 12.9. The molecule has 0 aliphatic heterocycles. The van der Waals surface area contributed by atoms with E-state index in [0.717, 1.165) is 12.0 Å². The Morgan fingerprint density at radius 3 is 2.29 bits per heavy atom. The van der Waals surface area contributed by atoms with E-state index in [0.29, 0.717) is 0 Å². The maximum absolute atomic E-state index is 4.01. The molecule has 2 rings (SSSR count). The molecule has 2 aromatic carbocycles. The normalized spacial score (nSPS) is 11.2. The lowest BCUT2D eigenvalue weighted by molar-refractivity contribution is 1.13. The van der Waals surface area contributed by atoms with Gasteiger partial charge < -0.3 is 0 Å².